The smallest absolute Gasteiger partial charge is 0.303 e. The predicted octanol–water partition coefficient (Wildman–Crippen LogP) is 4.33. The van der Waals surface area contributed by atoms with E-state index < -0.39 is 5.97 Å². The first-order valence-electron chi connectivity index (χ1n) is 9.87. The fraction of sp³-hybridized carbons (Fsp3) is 0.478. The molecule has 4 heteroatoms. The maximum Gasteiger partial charge on any atom is 0.303 e. The summed E-state index contributed by atoms with van der Waals surface area (Å²) in [5.74, 6) is -0.465. The molecule has 0 amide bonds. The second-order valence-electron chi connectivity index (χ2n) is 7.28. The molecule has 1 aliphatic carbocycles. The van der Waals surface area contributed by atoms with Gasteiger partial charge in [0, 0.05) is 12.3 Å². The van der Waals surface area contributed by atoms with Crippen LogP contribution in [-0.4, -0.2) is 28.1 Å². The van der Waals surface area contributed by atoms with E-state index in [4.69, 9.17) is 5.11 Å². The van der Waals surface area contributed by atoms with Crippen LogP contribution in [-0.2, 0) is 16.0 Å². The number of hydrogen-bond donors (Lipinski definition) is 2. The second-order valence-corrected chi connectivity index (χ2v) is 7.28. The Bertz CT molecular complexity index is 648. The Morgan fingerprint density at radius 3 is 2.67 bits per heavy atom. The highest BCUT2D eigenvalue weighted by molar-refractivity contribution is 5.94. The lowest BCUT2D eigenvalue weighted by Gasteiger charge is -2.18. The number of aryl methyl sites for hydroxylation is 1. The molecule has 1 aromatic rings. The van der Waals surface area contributed by atoms with Gasteiger partial charge in [-0.3, -0.25) is 9.59 Å². The second kappa shape index (κ2) is 11.5. The van der Waals surface area contributed by atoms with E-state index in [0.29, 0.717) is 19.3 Å². The van der Waals surface area contributed by atoms with E-state index in [2.05, 4.69) is 12.1 Å². The van der Waals surface area contributed by atoms with Crippen molar-refractivity contribution in [3.8, 4) is 0 Å². The zero-order chi connectivity index (χ0) is 19.5. The summed E-state index contributed by atoms with van der Waals surface area (Å²) in [6.07, 6.45) is 12.6. The van der Waals surface area contributed by atoms with Gasteiger partial charge in [-0.25, -0.2) is 0 Å². The standard InChI is InChI=1S/C23H30O4/c24-20(15-12-18-8-4-3-5-9-18)16-13-19-14-17-22(25)21(19)10-6-1-2-7-11-23(26)27/h1,3-6,8-9,14,17,19-21,24H,2,7,10-13,15-16H2,(H,26,27)/b6-1-/t19-,20-,21+/m0/s1. The third kappa shape index (κ3) is 7.92. The first kappa shape index (κ1) is 21.1. The summed E-state index contributed by atoms with van der Waals surface area (Å²) >= 11 is 0. The fourth-order valence-corrected chi connectivity index (χ4v) is 3.51. The van der Waals surface area contributed by atoms with Crippen LogP contribution in [0.3, 0.4) is 0 Å². The van der Waals surface area contributed by atoms with Crippen LogP contribution in [0.1, 0.15) is 50.5 Å². The van der Waals surface area contributed by atoms with Gasteiger partial charge in [0.1, 0.15) is 0 Å². The molecule has 1 aliphatic rings. The maximum atomic E-state index is 12.1. The molecule has 0 unspecified atom stereocenters. The third-order valence-electron chi connectivity index (χ3n) is 5.15. The Labute approximate surface area is 161 Å². The largest absolute Gasteiger partial charge is 0.481 e. The Morgan fingerprint density at radius 2 is 1.93 bits per heavy atom. The summed E-state index contributed by atoms with van der Waals surface area (Å²) in [7, 11) is 0. The van der Waals surface area contributed by atoms with Crippen molar-refractivity contribution >= 4 is 11.8 Å². The number of carboxylic acid groups (broad SMARTS) is 1. The van der Waals surface area contributed by atoms with Gasteiger partial charge in [-0.15, -0.1) is 0 Å². The van der Waals surface area contributed by atoms with Gasteiger partial charge in [-0.1, -0.05) is 48.6 Å². The molecule has 0 aromatic heterocycles. The maximum absolute atomic E-state index is 12.1. The quantitative estimate of drug-likeness (QED) is 0.424. The number of rotatable bonds is 12. The van der Waals surface area contributed by atoms with E-state index in [9.17, 15) is 14.7 Å². The summed E-state index contributed by atoms with van der Waals surface area (Å²) in [5.41, 5.74) is 1.23. The minimum atomic E-state index is -0.774. The summed E-state index contributed by atoms with van der Waals surface area (Å²) in [5, 5.41) is 18.9. The molecule has 0 aliphatic heterocycles. The molecule has 0 heterocycles. The van der Waals surface area contributed by atoms with Crippen molar-refractivity contribution < 1.29 is 19.8 Å². The van der Waals surface area contributed by atoms with E-state index in [0.717, 1.165) is 25.7 Å². The van der Waals surface area contributed by atoms with Gasteiger partial charge < -0.3 is 10.2 Å². The topological polar surface area (TPSA) is 74.6 Å². The molecule has 146 valence electrons. The third-order valence-corrected chi connectivity index (χ3v) is 5.15. The zero-order valence-electron chi connectivity index (χ0n) is 15.8. The van der Waals surface area contributed by atoms with Crippen molar-refractivity contribution in [2.75, 3.05) is 0 Å². The van der Waals surface area contributed by atoms with Crippen molar-refractivity contribution in [2.24, 2.45) is 11.8 Å². The van der Waals surface area contributed by atoms with Crippen LogP contribution in [0, 0.1) is 11.8 Å². The van der Waals surface area contributed by atoms with Crippen molar-refractivity contribution in [3.05, 3.63) is 60.2 Å². The van der Waals surface area contributed by atoms with Gasteiger partial charge in [0.2, 0.25) is 0 Å². The number of carbonyl (C=O) groups excluding carboxylic acids is 1. The van der Waals surface area contributed by atoms with Gasteiger partial charge in [-0.2, -0.15) is 0 Å². The molecule has 0 fully saturated rings. The van der Waals surface area contributed by atoms with Gasteiger partial charge in [0.05, 0.1) is 6.10 Å². The molecule has 0 saturated heterocycles. The molecule has 0 saturated carbocycles. The van der Waals surface area contributed by atoms with Crippen LogP contribution in [0.5, 0.6) is 0 Å². The van der Waals surface area contributed by atoms with Crippen molar-refractivity contribution in [3.63, 3.8) is 0 Å². The van der Waals surface area contributed by atoms with Crippen LogP contribution >= 0.6 is 0 Å². The number of benzene rings is 1. The molecular formula is C23H30O4. The molecule has 3 atom stereocenters. The molecule has 1 aromatic carbocycles. The Balaban J connectivity index is 1.69. The summed E-state index contributed by atoms with van der Waals surface area (Å²) < 4.78 is 0. The van der Waals surface area contributed by atoms with Crippen molar-refractivity contribution in [1.82, 2.24) is 0 Å². The fourth-order valence-electron chi connectivity index (χ4n) is 3.51. The molecule has 27 heavy (non-hydrogen) atoms. The van der Waals surface area contributed by atoms with Crippen LogP contribution in [0.25, 0.3) is 0 Å². The number of allylic oxidation sites excluding steroid dienone is 4. The summed E-state index contributed by atoms with van der Waals surface area (Å²) in [6.45, 7) is 0. The van der Waals surface area contributed by atoms with E-state index >= 15 is 0 Å². The Kier molecular flexibility index (Phi) is 8.99. The molecule has 2 rings (SSSR count). The van der Waals surface area contributed by atoms with E-state index in [1.54, 1.807) is 6.08 Å². The highest BCUT2D eigenvalue weighted by Crippen LogP contribution is 2.30. The number of hydrogen-bond acceptors (Lipinski definition) is 3. The SMILES string of the molecule is O=C(O)CCC/C=C\C[C@H]1C(=O)C=C[C@@H]1CC[C@@H](O)CCc1ccccc1. The van der Waals surface area contributed by atoms with Crippen LogP contribution in [0.15, 0.2) is 54.6 Å². The number of carboxylic acids is 1. The molecule has 0 bridgehead atoms. The van der Waals surface area contributed by atoms with Gasteiger partial charge >= 0.3 is 5.97 Å². The number of aliphatic hydroxyl groups excluding tert-OH is 1. The van der Waals surface area contributed by atoms with Crippen molar-refractivity contribution in [2.45, 2.75) is 57.5 Å². The Morgan fingerprint density at radius 1 is 1.15 bits per heavy atom. The van der Waals surface area contributed by atoms with Crippen molar-refractivity contribution in [1.29, 1.82) is 0 Å². The molecule has 4 nitrogen and oxygen atoms in total. The lowest BCUT2D eigenvalue weighted by molar-refractivity contribution is -0.137. The van der Waals surface area contributed by atoms with Crippen LogP contribution in [0.2, 0.25) is 0 Å². The predicted molar refractivity (Wildman–Crippen MR) is 106 cm³/mol. The molecule has 0 spiro atoms. The minimum Gasteiger partial charge on any atom is -0.481 e. The average Bonchev–Trinajstić information content (AvgIpc) is 3.01. The summed E-state index contributed by atoms with van der Waals surface area (Å²) in [6, 6.07) is 10.2. The van der Waals surface area contributed by atoms with Gasteiger partial charge in [0.15, 0.2) is 5.78 Å². The summed E-state index contributed by atoms with van der Waals surface area (Å²) in [4.78, 5) is 22.6. The van der Waals surface area contributed by atoms with E-state index in [-0.39, 0.29) is 30.1 Å². The number of aliphatic carboxylic acids is 1. The average molecular weight is 370 g/mol. The molecular weight excluding hydrogens is 340 g/mol. The first-order chi connectivity index (χ1) is 13.1. The minimum absolute atomic E-state index is 0.0398. The number of unbranched alkanes of at least 4 members (excludes halogenated alkanes) is 1. The zero-order valence-corrected chi connectivity index (χ0v) is 15.8. The van der Waals surface area contributed by atoms with E-state index in [1.807, 2.05) is 36.4 Å². The highest BCUT2D eigenvalue weighted by Gasteiger charge is 2.29. The lowest BCUT2D eigenvalue weighted by atomic mass is 9.86. The monoisotopic (exact) mass is 370 g/mol. The lowest BCUT2D eigenvalue weighted by Crippen LogP contribution is -2.17. The number of carbonyl (C=O) groups is 2. The van der Waals surface area contributed by atoms with Gasteiger partial charge in [-0.05, 0) is 62.5 Å². The Hall–Kier alpha value is -2.20. The highest BCUT2D eigenvalue weighted by atomic mass is 16.4. The van der Waals surface area contributed by atoms with E-state index in [1.165, 1.54) is 5.56 Å². The molecule has 0 radical (unpaired) electrons. The molecule has 2 N–H and O–H groups in total. The van der Waals surface area contributed by atoms with Gasteiger partial charge in [0.25, 0.3) is 0 Å². The van der Waals surface area contributed by atoms with Crippen LogP contribution < -0.4 is 0 Å². The number of ketones is 1. The normalized spacial score (nSPS) is 20.4. The van der Waals surface area contributed by atoms with Crippen LogP contribution in [0.4, 0.5) is 0 Å². The number of aliphatic hydroxyl groups is 1. The first-order valence-corrected chi connectivity index (χ1v) is 9.87.